The highest BCUT2D eigenvalue weighted by Gasteiger charge is 2.25. The van der Waals surface area contributed by atoms with E-state index in [9.17, 15) is 14.4 Å². The zero-order chi connectivity index (χ0) is 18.8. The van der Waals surface area contributed by atoms with Crippen LogP contribution in [0.4, 0.5) is 5.95 Å². The summed E-state index contributed by atoms with van der Waals surface area (Å²) in [6, 6.07) is 0. The van der Waals surface area contributed by atoms with Crippen LogP contribution < -0.4 is 16.1 Å². The number of hydrogen-bond acceptors (Lipinski definition) is 5. The zero-order valence-corrected chi connectivity index (χ0v) is 15.6. The number of aryl methyl sites for hydroxylation is 2. The quantitative estimate of drug-likeness (QED) is 0.771. The van der Waals surface area contributed by atoms with Crippen molar-refractivity contribution in [1.29, 1.82) is 0 Å². The van der Waals surface area contributed by atoms with E-state index in [0.29, 0.717) is 49.8 Å². The topological polar surface area (TPSA) is 96.2 Å². The van der Waals surface area contributed by atoms with Crippen LogP contribution in [0.3, 0.4) is 0 Å². The average Bonchev–Trinajstić information content (AvgIpc) is 3.00. The molecule has 9 heteroatoms. The van der Waals surface area contributed by atoms with E-state index < -0.39 is 11.2 Å². The lowest BCUT2D eigenvalue weighted by atomic mass is 10.2. The van der Waals surface area contributed by atoms with Crippen molar-refractivity contribution in [1.82, 2.24) is 24.0 Å². The number of nitrogens with zero attached hydrogens (tertiary/aromatic N) is 5. The molecular formula is C17H26N6O3. The van der Waals surface area contributed by atoms with Crippen molar-refractivity contribution in [2.24, 2.45) is 7.05 Å². The number of amides is 1. The van der Waals surface area contributed by atoms with Gasteiger partial charge in [0.2, 0.25) is 11.9 Å². The van der Waals surface area contributed by atoms with E-state index in [-0.39, 0.29) is 5.91 Å². The Morgan fingerprint density at radius 3 is 2.46 bits per heavy atom. The predicted octanol–water partition coefficient (Wildman–Crippen LogP) is 0.282. The maximum atomic E-state index is 12.4. The summed E-state index contributed by atoms with van der Waals surface area (Å²) < 4.78 is 3.30. The number of fused-ring (bicyclic) bond motifs is 1. The van der Waals surface area contributed by atoms with Crippen LogP contribution in [0.1, 0.15) is 33.1 Å². The number of carbonyl (C=O) groups excluding carboxylic acids is 1. The highest BCUT2D eigenvalue weighted by Crippen LogP contribution is 2.21. The van der Waals surface area contributed by atoms with Crippen LogP contribution in [-0.2, 0) is 18.4 Å². The summed E-state index contributed by atoms with van der Waals surface area (Å²) in [4.78, 5) is 46.8. The smallest absolute Gasteiger partial charge is 0.329 e. The lowest BCUT2D eigenvalue weighted by Crippen LogP contribution is -2.48. The van der Waals surface area contributed by atoms with Crippen molar-refractivity contribution in [2.75, 3.05) is 31.1 Å². The first-order chi connectivity index (χ1) is 12.4. The first-order valence-electron chi connectivity index (χ1n) is 9.14. The number of aromatic amines is 1. The number of piperazine rings is 1. The van der Waals surface area contributed by atoms with Gasteiger partial charge >= 0.3 is 5.69 Å². The number of H-pyrrole nitrogens is 1. The Labute approximate surface area is 151 Å². The Balaban J connectivity index is 2.03. The Bertz CT molecular complexity index is 917. The Morgan fingerprint density at radius 1 is 1.15 bits per heavy atom. The second-order valence-corrected chi connectivity index (χ2v) is 6.75. The molecule has 1 N–H and O–H groups in total. The molecule has 3 rings (SSSR count). The van der Waals surface area contributed by atoms with E-state index in [1.807, 2.05) is 9.47 Å². The molecule has 26 heavy (non-hydrogen) atoms. The van der Waals surface area contributed by atoms with Gasteiger partial charge in [-0.15, -0.1) is 0 Å². The number of hydrogen-bond donors (Lipinski definition) is 1. The van der Waals surface area contributed by atoms with E-state index in [1.165, 1.54) is 4.57 Å². The van der Waals surface area contributed by atoms with Crippen molar-refractivity contribution in [2.45, 2.75) is 39.7 Å². The zero-order valence-electron chi connectivity index (χ0n) is 15.6. The third kappa shape index (κ3) is 3.25. The SMILES string of the molecule is CCCCCn1c(N2CCN(C(C)=O)CC2)nc2c1c(=O)[nH]c(=O)n2C. The molecule has 1 aliphatic heterocycles. The number of carbonyl (C=O) groups is 1. The maximum Gasteiger partial charge on any atom is 0.329 e. The number of unbranched alkanes of at least 4 members (excludes halogenated alkanes) is 2. The molecule has 0 spiro atoms. The number of nitrogens with one attached hydrogen (secondary N) is 1. The minimum absolute atomic E-state index is 0.0694. The van der Waals surface area contributed by atoms with Crippen LogP contribution in [0.15, 0.2) is 9.59 Å². The van der Waals surface area contributed by atoms with Crippen LogP contribution in [-0.4, -0.2) is 56.1 Å². The van der Waals surface area contributed by atoms with Crippen LogP contribution in [0.25, 0.3) is 11.2 Å². The van der Waals surface area contributed by atoms with Gasteiger partial charge in [-0.25, -0.2) is 4.79 Å². The summed E-state index contributed by atoms with van der Waals surface area (Å²) in [7, 11) is 1.61. The number of rotatable bonds is 5. The Kier molecular flexibility index (Phi) is 5.15. The van der Waals surface area contributed by atoms with Crippen molar-refractivity contribution in [3.05, 3.63) is 20.8 Å². The molecule has 1 fully saturated rings. The summed E-state index contributed by atoms with van der Waals surface area (Å²) in [5.74, 6) is 0.769. The molecule has 2 aromatic rings. The van der Waals surface area contributed by atoms with Crippen molar-refractivity contribution >= 4 is 23.0 Å². The fourth-order valence-electron chi connectivity index (χ4n) is 3.42. The average molecular weight is 362 g/mol. The molecule has 2 aromatic heterocycles. The third-order valence-corrected chi connectivity index (χ3v) is 4.98. The van der Waals surface area contributed by atoms with Gasteiger partial charge in [0.15, 0.2) is 11.2 Å². The van der Waals surface area contributed by atoms with Gasteiger partial charge in [0.05, 0.1) is 0 Å². The van der Waals surface area contributed by atoms with E-state index in [4.69, 9.17) is 0 Å². The van der Waals surface area contributed by atoms with Gasteiger partial charge in [-0.1, -0.05) is 19.8 Å². The minimum Gasteiger partial charge on any atom is -0.339 e. The first-order valence-corrected chi connectivity index (χ1v) is 9.14. The van der Waals surface area contributed by atoms with E-state index in [2.05, 4.69) is 21.8 Å². The van der Waals surface area contributed by atoms with E-state index in [0.717, 1.165) is 19.3 Å². The summed E-state index contributed by atoms with van der Waals surface area (Å²) in [5, 5.41) is 0. The number of aromatic nitrogens is 4. The highest BCUT2D eigenvalue weighted by atomic mass is 16.2. The molecule has 1 aliphatic rings. The summed E-state index contributed by atoms with van der Waals surface area (Å²) in [6.07, 6.45) is 3.07. The molecule has 142 valence electrons. The summed E-state index contributed by atoms with van der Waals surface area (Å²) in [5.41, 5.74) is -0.0270. The Hall–Kier alpha value is -2.58. The normalized spacial score (nSPS) is 15.0. The minimum atomic E-state index is -0.464. The Morgan fingerprint density at radius 2 is 1.85 bits per heavy atom. The van der Waals surface area contributed by atoms with Crippen molar-refractivity contribution in [3.63, 3.8) is 0 Å². The second-order valence-electron chi connectivity index (χ2n) is 6.75. The van der Waals surface area contributed by atoms with Gasteiger partial charge in [0, 0.05) is 46.7 Å². The van der Waals surface area contributed by atoms with Crippen LogP contribution >= 0.6 is 0 Å². The van der Waals surface area contributed by atoms with Crippen LogP contribution in [0, 0.1) is 0 Å². The first kappa shape index (κ1) is 18.2. The fourth-order valence-corrected chi connectivity index (χ4v) is 3.42. The van der Waals surface area contributed by atoms with Gasteiger partial charge in [-0.3, -0.25) is 19.1 Å². The molecule has 3 heterocycles. The fraction of sp³-hybridized carbons (Fsp3) is 0.647. The van der Waals surface area contributed by atoms with E-state index in [1.54, 1.807) is 14.0 Å². The second kappa shape index (κ2) is 7.35. The third-order valence-electron chi connectivity index (χ3n) is 4.98. The van der Waals surface area contributed by atoms with Gasteiger partial charge in [0.1, 0.15) is 0 Å². The molecular weight excluding hydrogens is 336 g/mol. The molecule has 1 saturated heterocycles. The van der Waals surface area contributed by atoms with Crippen molar-refractivity contribution in [3.8, 4) is 0 Å². The molecule has 0 aromatic carbocycles. The predicted molar refractivity (Wildman–Crippen MR) is 99.6 cm³/mol. The van der Waals surface area contributed by atoms with Crippen LogP contribution in [0.5, 0.6) is 0 Å². The molecule has 9 nitrogen and oxygen atoms in total. The molecule has 0 unspecified atom stereocenters. The lowest BCUT2D eigenvalue weighted by Gasteiger charge is -2.35. The summed E-state index contributed by atoms with van der Waals surface area (Å²) in [6.45, 7) is 6.94. The molecule has 0 bridgehead atoms. The van der Waals surface area contributed by atoms with Gasteiger partial charge in [0.25, 0.3) is 5.56 Å². The van der Waals surface area contributed by atoms with Crippen LogP contribution in [0.2, 0.25) is 0 Å². The van der Waals surface area contributed by atoms with E-state index >= 15 is 0 Å². The highest BCUT2D eigenvalue weighted by molar-refractivity contribution is 5.75. The van der Waals surface area contributed by atoms with Crippen molar-refractivity contribution < 1.29 is 4.79 Å². The number of anilines is 1. The molecule has 0 radical (unpaired) electrons. The monoisotopic (exact) mass is 362 g/mol. The molecule has 1 amide bonds. The largest absolute Gasteiger partial charge is 0.339 e. The van der Waals surface area contributed by atoms with Gasteiger partial charge in [-0.2, -0.15) is 4.98 Å². The van der Waals surface area contributed by atoms with Gasteiger partial charge in [-0.05, 0) is 6.42 Å². The van der Waals surface area contributed by atoms with Gasteiger partial charge < -0.3 is 14.4 Å². The lowest BCUT2D eigenvalue weighted by molar-refractivity contribution is -0.129. The standard InChI is InChI=1S/C17H26N6O3/c1-4-5-6-7-23-13-14(20(3)17(26)19-15(13)25)18-16(23)22-10-8-21(9-11-22)12(2)24/h4-11H2,1-3H3,(H,19,25,26). The number of imidazole rings is 1. The molecule has 0 saturated carbocycles. The molecule has 0 atom stereocenters. The maximum absolute atomic E-state index is 12.4. The molecule has 0 aliphatic carbocycles. The summed E-state index contributed by atoms with van der Waals surface area (Å²) >= 11 is 0.